The average Bonchev–Trinajstić information content (AvgIpc) is 2.47. The zero-order chi connectivity index (χ0) is 16.3. The first-order valence-corrected chi connectivity index (χ1v) is 8.49. The van der Waals surface area contributed by atoms with E-state index >= 15 is 0 Å². The molecule has 2 rings (SSSR count). The van der Waals surface area contributed by atoms with Gasteiger partial charge in [-0.25, -0.2) is 4.79 Å². The lowest BCUT2D eigenvalue weighted by Crippen LogP contribution is -2.40. The van der Waals surface area contributed by atoms with Crippen LogP contribution < -0.4 is 0 Å². The van der Waals surface area contributed by atoms with E-state index in [1.54, 1.807) is 6.92 Å². The molecular formula is C18H28O4. The van der Waals surface area contributed by atoms with E-state index in [0.717, 1.165) is 12.8 Å². The maximum atomic E-state index is 12.2. The lowest BCUT2D eigenvalue weighted by atomic mass is 9.60. The highest BCUT2D eigenvalue weighted by Crippen LogP contribution is 2.48. The fourth-order valence-electron chi connectivity index (χ4n) is 4.17. The highest BCUT2D eigenvalue weighted by Gasteiger charge is 2.42. The fraction of sp³-hybridized carbons (Fsp3) is 0.778. The Bertz CT molecular complexity index is 454. The van der Waals surface area contributed by atoms with Crippen molar-refractivity contribution in [2.75, 3.05) is 6.61 Å². The molecule has 124 valence electrons. The van der Waals surface area contributed by atoms with Gasteiger partial charge in [0.05, 0.1) is 12.5 Å². The molecule has 0 saturated heterocycles. The van der Waals surface area contributed by atoms with Gasteiger partial charge in [0.2, 0.25) is 0 Å². The van der Waals surface area contributed by atoms with Crippen molar-refractivity contribution in [3.8, 4) is 0 Å². The fourth-order valence-corrected chi connectivity index (χ4v) is 4.17. The third-order valence-electron chi connectivity index (χ3n) is 5.48. The van der Waals surface area contributed by atoms with Crippen molar-refractivity contribution in [2.45, 2.75) is 53.4 Å². The van der Waals surface area contributed by atoms with Gasteiger partial charge in [-0.15, -0.1) is 0 Å². The van der Waals surface area contributed by atoms with E-state index in [2.05, 4.69) is 19.9 Å². The molecule has 0 heterocycles. The standard InChI is InChI=1S/C18H28O4/c1-5-21-18(20)22-17(19)13(4)15-9-7-12(3)14-8-6-11(2)10-16(14)15/h10,12-16H,5-9H2,1-4H3/t12-,13?,14+,15+,16+/m1/s1. The summed E-state index contributed by atoms with van der Waals surface area (Å²) in [4.78, 5) is 23.6. The van der Waals surface area contributed by atoms with Crippen LogP contribution in [0.4, 0.5) is 4.79 Å². The van der Waals surface area contributed by atoms with Crippen LogP contribution in [0.5, 0.6) is 0 Å². The molecule has 0 N–H and O–H groups in total. The van der Waals surface area contributed by atoms with E-state index in [9.17, 15) is 9.59 Å². The Balaban J connectivity index is 2.07. The largest absolute Gasteiger partial charge is 0.516 e. The van der Waals surface area contributed by atoms with Crippen molar-refractivity contribution in [2.24, 2.45) is 29.6 Å². The Morgan fingerprint density at radius 2 is 2.05 bits per heavy atom. The summed E-state index contributed by atoms with van der Waals surface area (Å²) in [6.45, 7) is 8.29. The molecule has 2 aliphatic rings. The molecule has 1 fully saturated rings. The number of ether oxygens (including phenoxy) is 2. The monoisotopic (exact) mass is 308 g/mol. The minimum atomic E-state index is -0.879. The number of esters is 1. The van der Waals surface area contributed by atoms with Gasteiger partial charge in [-0.1, -0.05) is 31.9 Å². The molecule has 1 saturated carbocycles. The van der Waals surface area contributed by atoms with E-state index in [4.69, 9.17) is 9.47 Å². The van der Waals surface area contributed by atoms with Crippen molar-refractivity contribution in [3.05, 3.63) is 11.6 Å². The number of fused-ring (bicyclic) bond motifs is 1. The lowest BCUT2D eigenvalue weighted by Gasteiger charge is -2.45. The number of hydrogen-bond acceptors (Lipinski definition) is 4. The van der Waals surface area contributed by atoms with E-state index in [1.807, 2.05) is 6.92 Å². The first kappa shape index (κ1) is 17.0. The Labute approximate surface area is 133 Å². The molecule has 0 radical (unpaired) electrons. The van der Waals surface area contributed by atoms with Gasteiger partial charge in [-0.2, -0.15) is 0 Å². The minimum Gasteiger partial charge on any atom is -0.434 e. The van der Waals surface area contributed by atoms with Crippen molar-refractivity contribution in [1.29, 1.82) is 0 Å². The number of carbonyl (C=O) groups is 2. The van der Waals surface area contributed by atoms with Crippen molar-refractivity contribution in [3.63, 3.8) is 0 Å². The van der Waals surface area contributed by atoms with Gasteiger partial charge >= 0.3 is 12.1 Å². The molecule has 0 aromatic rings. The minimum absolute atomic E-state index is 0.216. The first-order valence-electron chi connectivity index (χ1n) is 8.49. The third-order valence-corrected chi connectivity index (χ3v) is 5.48. The maximum absolute atomic E-state index is 12.2. The summed E-state index contributed by atoms with van der Waals surface area (Å²) in [5.41, 5.74) is 1.42. The molecule has 0 spiro atoms. The highest BCUT2D eigenvalue weighted by molar-refractivity contribution is 5.83. The summed E-state index contributed by atoms with van der Waals surface area (Å²) < 4.78 is 9.52. The van der Waals surface area contributed by atoms with Crippen LogP contribution in [-0.4, -0.2) is 18.7 Å². The van der Waals surface area contributed by atoms with Gasteiger partial charge in [0.1, 0.15) is 0 Å². The van der Waals surface area contributed by atoms with Crippen LogP contribution in [0.1, 0.15) is 53.4 Å². The predicted molar refractivity (Wildman–Crippen MR) is 84.1 cm³/mol. The summed E-state index contributed by atoms with van der Waals surface area (Å²) in [7, 11) is 0. The van der Waals surface area contributed by atoms with Gasteiger partial charge < -0.3 is 9.47 Å². The molecular weight excluding hydrogens is 280 g/mol. The molecule has 2 aliphatic carbocycles. The Kier molecular flexibility index (Phi) is 5.65. The summed E-state index contributed by atoms with van der Waals surface area (Å²) in [5.74, 6) is 1.33. The van der Waals surface area contributed by atoms with E-state index in [0.29, 0.717) is 17.8 Å². The number of rotatable bonds is 3. The molecule has 0 aromatic heterocycles. The quantitative estimate of drug-likeness (QED) is 0.442. The third kappa shape index (κ3) is 3.71. The smallest absolute Gasteiger partial charge is 0.434 e. The Hall–Kier alpha value is -1.32. The average molecular weight is 308 g/mol. The molecule has 22 heavy (non-hydrogen) atoms. The molecule has 4 heteroatoms. The van der Waals surface area contributed by atoms with E-state index < -0.39 is 12.1 Å². The molecule has 4 nitrogen and oxygen atoms in total. The molecule has 0 amide bonds. The highest BCUT2D eigenvalue weighted by atomic mass is 16.7. The van der Waals surface area contributed by atoms with E-state index in [-0.39, 0.29) is 18.4 Å². The van der Waals surface area contributed by atoms with Gasteiger partial charge in [-0.05, 0) is 56.8 Å². The van der Waals surface area contributed by atoms with Crippen LogP contribution in [0.25, 0.3) is 0 Å². The summed E-state index contributed by atoms with van der Waals surface area (Å²) in [5, 5.41) is 0. The molecule has 1 unspecified atom stereocenters. The van der Waals surface area contributed by atoms with Crippen LogP contribution >= 0.6 is 0 Å². The molecule has 0 aromatic carbocycles. The topological polar surface area (TPSA) is 52.6 Å². The van der Waals surface area contributed by atoms with Gasteiger partial charge in [0, 0.05) is 0 Å². The van der Waals surface area contributed by atoms with Crippen molar-refractivity contribution in [1.82, 2.24) is 0 Å². The molecule has 0 aliphatic heterocycles. The second kappa shape index (κ2) is 7.30. The SMILES string of the molecule is CCOC(=O)OC(=O)C(C)[C@@H]1CC[C@@H](C)[C@@H]2CCC(C)=C[C@@H]21. The maximum Gasteiger partial charge on any atom is 0.516 e. The zero-order valence-electron chi connectivity index (χ0n) is 14.1. The summed E-state index contributed by atoms with van der Waals surface area (Å²) in [6, 6.07) is 0. The van der Waals surface area contributed by atoms with Crippen LogP contribution in [0, 0.1) is 29.6 Å². The summed E-state index contributed by atoms with van der Waals surface area (Å²) in [6.07, 6.45) is 6.03. The Morgan fingerprint density at radius 3 is 2.73 bits per heavy atom. The Morgan fingerprint density at radius 1 is 1.32 bits per heavy atom. The van der Waals surface area contributed by atoms with Crippen LogP contribution in [0.3, 0.4) is 0 Å². The second-order valence-corrected chi connectivity index (χ2v) is 6.90. The van der Waals surface area contributed by atoms with E-state index in [1.165, 1.54) is 18.4 Å². The molecule has 5 atom stereocenters. The molecule has 0 bridgehead atoms. The van der Waals surface area contributed by atoms with Crippen molar-refractivity contribution < 1.29 is 19.1 Å². The normalized spacial score (nSPS) is 32.5. The van der Waals surface area contributed by atoms with Crippen LogP contribution in [0.15, 0.2) is 11.6 Å². The summed E-state index contributed by atoms with van der Waals surface area (Å²) >= 11 is 0. The zero-order valence-corrected chi connectivity index (χ0v) is 14.1. The van der Waals surface area contributed by atoms with Crippen LogP contribution in [0.2, 0.25) is 0 Å². The number of carbonyl (C=O) groups excluding carboxylic acids is 2. The lowest BCUT2D eigenvalue weighted by molar-refractivity contribution is -0.147. The first-order chi connectivity index (χ1) is 10.4. The number of allylic oxidation sites excluding steroid dienone is 2. The number of hydrogen-bond donors (Lipinski definition) is 0. The van der Waals surface area contributed by atoms with Gasteiger partial charge in [0.25, 0.3) is 0 Å². The second-order valence-electron chi connectivity index (χ2n) is 6.90. The van der Waals surface area contributed by atoms with Gasteiger partial charge in [0.15, 0.2) is 0 Å². The van der Waals surface area contributed by atoms with Gasteiger partial charge in [-0.3, -0.25) is 4.79 Å². The predicted octanol–water partition coefficient (Wildman–Crippen LogP) is 4.34. The van der Waals surface area contributed by atoms with Crippen LogP contribution in [-0.2, 0) is 14.3 Å². The van der Waals surface area contributed by atoms with Crippen molar-refractivity contribution >= 4 is 12.1 Å².